The SMILES string of the molecule is CN=C(NCC1CCN(c2ccccc2)C1)NCC(C)(C)OC.I. The molecule has 5 nitrogen and oxygen atoms in total. The fourth-order valence-electron chi connectivity index (χ4n) is 2.70. The zero-order valence-corrected chi connectivity index (χ0v) is 17.5. The number of hydrogen-bond donors (Lipinski definition) is 2. The Balaban J connectivity index is 0.00000288. The number of nitrogens with zero attached hydrogens (tertiary/aromatic N) is 2. The van der Waals surface area contributed by atoms with E-state index in [1.165, 1.54) is 12.1 Å². The first-order chi connectivity index (χ1) is 11.0. The Bertz CT molecular complexity index is 507. The molecule has 2 rings (SSSR count). The smallest absolute Gasteiger partial charge is 0.191 e. The van der Waals surface area contributed by atoms with Crippen LogP contribution in [0.4, 0.5) is 5.69 Å². The number of rotatable bonds is 6. The van der Waals surface area contributed by atoms with Gasteiger partial charge in [0.25, 0.3) is 0 Å². The quantitative estimate of drug-likeness (QED) is 0.401. The summed E-state index contributed by atoms with van der Waals surface area (Å²) in [5.41, 5.74) is 1.12. The summed E-state index contributed by atoms with van der Waals surface area (Å²) >= 11 is 0. The summed E-state index contributed by atoms with van der Waals surface area (Å²) in [5, 5.41) is 6.76. The maximum Gasteiger partial charge on any atom is 0.191 e. The normalized spacial score (nSPS) is 18.2. The second-order valence-electron chi connectivity index (χ2n) is 6.71. The van der Waals surface area contributed by atoms with Gasteiger partial charge in [0.2, 0.25) is 0 Å². The summed E-state index contributed by atoms with van der Waals surface area (Å²) in [5.74, 6) is 1.48. The fourth-order valence-corrected chi connectivity index (χ4v) is 2.70. The van der Waals surface area contributed by atoms with E-state index < -0.39 is 0 Å². The average Bonchev–Trinajstić information content (AvgIpc) is 3.05. The summed E-state index contributed by atoms with van der Waals surface area (Å²) in [4.78, 5) is 6.74. The van der Waals surface area contributed by atoms with E-state index in [9.17, 15) is 0 Å². The molecule has 0 aromatic heterocycles. The summed E-state index contributed by atoms with van der Waals surface area (Å²) in [6.07, 6.45) is 1.21. The molecule has 1 aromatic carbocycles. The molecule has 1 saturated heterocycles. The van der Waals surface area contributed by atoms with Crippen molar-refractivity contribution in [3.63, 3.8) is 0 Å². The maximum atomic E-state index is 5.42. The van der Waals surface area contributed by atoms with Gasteiger partial charge in [-0.25, -0.2) is 0 Å². The molecule has 0 saturated carbocycles. The highest BCUT2D eigenvalue weighted by Gasteiger charge is 2.23. The van der Waals surface area contributed by atoms with Gasteiger partial charge in [0, 0.05) is 46.0 Å². The molecule has 136 valence electrons. The summed E-state index contributed by atoms with van der Waals surface area (Å²) in [7, 11) is 3.54. The van der Waals surface area contributed by atoms with Gasteiger partial charge in [-0.1, -0.05) is 18.2 Å². The van der Waals surface area contributed by atoms with Crippen molar-refractivity contribution < 1.29 is 4.74 Å². The first-order valence-electron chi connectivity index (χ1n) is 8.34. The van der Waals surface area contributed by atoms with E-state index in [-0.39, 0.29) is 29.6 Å². The van der Waals surface area contributed by atoms with Crippen molar-refractivity contribution in [1.29, 1.82) is 0 Å². The number of aliphatic imine (C=N–C) groups is 1. The Labute approximate surface area is 163 Å². The Kier molecular flexibility index (Phi) is 8.83. The molecular weight excluding hydrogens is 415 g/mol. The van der Waals surface area contributed by atoms with Crippen molar-refractivity contribution in [3.05, 3.63) is 30.3 Å². The molecule has 0 amide bonds. The van der Waals surface area contributed by atoms with Crippen LogP contribution in [0.3, 0.4) is 0 Å². The van der Waals surface area contributed by atoms with Gasteiger partial charge in [-0.3, -0.25) is 4.99 Å². The molecule has 1 fully saturated rings. The second kappa shape index (κ2) is 10.1. The van der Waals surface area contributed by atoms with Crippen LogP contribution in [-0.2, 0) is 4.74 Å². The van der Waals surface area contributed by atoms with Crippen LogP contribution in [0.5, 0.6) is 0 Å². The van der Waals surface area contributed by atoms with Crippen molar-refractivity contribution >= 4 is 35.6 Å². The zero-order valence-electron chi connectivity index (χ0n) is 15.2. The van der Waals surface area contributed by atoms with Crippen molar-refractivity contribution in [3.8, 4) is 0 Å². The highest BCUT2D eigenvalue weighted by molar-refractivity contribution is 14.0. The molecule has 6 heteroatoms. The highest BCUT2D eigenvalue weighted by atomic mass is 127. The van der Waals surface area contributed by atoms with Gasteiger partial charge in [-0.05, 0) is 38.3 Å². The van der Waals surface area contributed by atoms with Gasteiger partial charge in [0.05, 0.1) is 5.60 Å². The van der Waals surface area contributed by atoms with E-state index in [4.69, 9.17) is 4.74 Å². The lowest BCUT2D eigenvalue weighted by Crippen LogP contribution is -2.46. The Hall–Kier alpha value is -1.02. The molecule has 1 heterocycles. The monoisotopic (exact) mass is 446 g/mol. The third kappa shape index (κ3) is 6.47. The van der Waals surface area contributed by atoms with E-state index >= 15 is 0 Å². The van der Waals surface area contributed by atoms with Gasteiger partial charge in [-0.15, -0.1) is 24.0 Å². The number of nitrogens with one attached hydrogen (secondary N) is 2. The van der Waals surface area contributed by atoms with Crippen LogP contribution >= 0.6 is 24.0 Å². The molecule has 2 N–H and O–H groups in total. The number of anilines is 1. The van der Waals surface area contributed by atoms with E-state index in [0.717, 1.165) is 32.1 Å². The highest BCUT2D eigenvalue weighted by Crippen LogP contribution is 2.22. The van der Waals surface area contributed by atoms with Crippen molar-refractivity contribution in [1.82, 2.24) is 10.6 Å². The molecule has 0 radical (unpaired) electrons. The van der Waals surface area contributed by atoms with Gasteiger partial charge < -0.3 is 20.3 Å². The minimum absolute atomic E-state index is 0. The second-order valence-corrected chi connectivity index (χ2v) is 6.71. The average molecular weight is 446 g/mol. The van der Waals surface area contributed by atoms with Crippen LogP contribution in [0.15, 0.2) is 35.3 Å². The molecule has 1 unspecified atom stereocenters. The molecule has 24 heavy (non-hydrogen) atoms. The topological polar surface area (TPSA) is 48.9 Å². The van der Waals surface area contributed by atoms with Gasteiger partial charge in [0.1, 0.15) is 0 Å². The largest absolute Gasteiger partial charge is 0.377 e. The van der Waals surface area contributed by atoms with Gasteiger partial charge in [0.15, 0.2) is 5.96 Å². The van der Waals surface area contributed by atoms with Crippen LogP contribution in [0.1, 0.15) is 20.3 Å². The lowest BCUT2D eigenvalue weighted by atomic mass is 10.1. The lowest BCUT2D eigenvalue weighted by Gasteiger charge is -2.25. The first kappa shape index (κ1) is 21.0. The summed E-state index contributed by atoms with van der Waals surface area (Å²) < 4.78 is 5.42. The van der Waals surface area contributed by atoms with Crippen LogP contribution in [0, 0.1) is 5.92 Å². The van der Waals surface area contributed by atoms with E-state index in [0.29, 0.717) is 5.92 Å². The standard InChI is InChI=1S/C18H30N4O.HI/c1-18(2,23-4)14-21-17(19-3)20-12-15-10-11-22(13-15)16-8-6-5-7-9-16;/h5-9,15H,10-14H2,1-4H3,(H2,19,20,21);1H. The molecule has 1 aliphatic heterocycles. The van der Waals surface area contributed by atoms with Crippen LogP contribution in [-0.4, -0.2) is 51.9 Å². The van der Waals surface area contributed by atoms with Crippen LogP contribution in [0.25, 0.3) is 0 Å². The molecule has 0 spiro atoms. The van der Waals surface area contributed by atoms with Gasteiger partial charge in [-0.2, -0.15) is 0 Å². The molecule has 1 aromatic rings. The minimum Gasteiger partial charge on any atom is -0.377 e. The Morgan fingerprint density at radius 1 is 1.29 bits per heavy atom. The van der Waals surface area contributed by atoms with Crippen molar-refractivity contribution in [2.75, 3.05) is 45.2 Å². The summed E-state index contributed by atoms with van der Waals surface area (Å²) in [6, 6.07) is 10.6. The zero-order chi connectivity index (χ0) is 16.7. The minimum atomic E-state index is -0.199. The number of benzene rings is 1. The molecule has 1 aliphatic rings. The number of guanidine groups is 1. The van der Waals surface area contributed by atoms with E-state index in [1.807, 2.05) is 0 Å². The third-order valence-electron chi connectivity index (χ3n) is 4.42. The molecule has 1 atom stereocenters. The van der Waals surface area contributed by atoms with Crippen molar-refractivity contribution in [2.45, 2.75) is 25.9 Å². The number of ether oxygens (including phenoxy) is 1. The van der Waals surface area contributed by atoms with Crippen LogP contribution in [0.2, 0.25) is 0 Å². The predicted octanol–water partition coefficient (Wildman–Crippen LogP) is 2.72. The Morgan fingerprint density at radius 3 is 2.62 bits per heavy atom. The fraction of sp³-hybridized carbons (Fsp3) is 0.611. The lowest BCUT2D eigenvalue weighted by molar-refractivity contribution is 0.0268. The molecular formula is C18H31IN4O. The molecule has 0 aliphatic carbocycles. The number of para-hydroxylation sites is 1. The first-order valence-corrected chi connectivity index (χ1v) is 8.34. The number of halogens is 1. The summed E-state index contributed by atoms with van der Waals surface area (Å²) in [6.45, 7) is 8.00. The van der Waals surface area contributed by atoms with E-state index in [1.54, 1.807) is 14.2 Å². The van der Waals surface area contributed by atoms with Crippen LogP contribution < -0.4 is 15.5 Å². The predicted molar refractivity (Wildman–Crippen MR) is 113 cm³/mol. The van der Waals surface area contributed by atoms with E-state index in [2.05, 4.69) is 64.7 Å². The maximum absolute atomic E-state index is 5.42. The number of hydrogen-bond acceptors (Lipinski definition) is 3. The number of methoxy groups -OCH3 is 1. The Morgan fingerprint density at radius 2 is 2.00 bits per heavy atom. The molecule has 0 bridgehead atoms. The third-order valence-corrected chi connectivity index (χ3v) is 4.42. The van der Waals surface area contributed by atoms with Crippen molar-refractivity contribution in [2.24, 2.45) is 10.9 Å². The van der Waals surface area contributed by atoms with Gasteiger partial charge >= 0.3 is 0 Å².